The Morgan fingerprint density at radius 1 is 1.11 bits per heavy atom. The van der Waals surface area contributed by atoms with Gasteiger partial charge in [0.25, 0.3) is 5.91 Å². The molecule has 0 saturated heterocycles. The van der Waals surface area contributed by atoms with E-state index in [9.17, 15) is 14.7 Å². The molecule has 0 atom stereocenters. The number of carbonyl (C=O) groups excluding carboxylic acids is 1. The van der Waals surface area contributed by atoms with Gasteiger partial charge in [-0.3, -0.25) is 4.79 Å². The van der Waals surface area contributed by atoms with Gasteiger partial charge in [0.2, 0.25) is 5.88 Å². The van der Waals surface area contributed by atoms with Gasteiger partial charge in [-0.15, -0.1) is 0 Å². The molecular formula is C21H21N3O4. The van der Waals surface area contributed by atoms with Crippen LogP contribution in [0.5, 0.6) is 5.88 Å². The number of aromatic carboxylic acids is 1. The van der Waals surface area contributed by atoms with Gasteiger partial charge in [0.05, 0.1) is 23.5 Å². The van der Waals surface area contributed by atoms with Gasteiger partial charge in [-0.05, 0) is 30.7 Å². The lowest BCUT2D eigenvalue weighted by Gasteiger charge is -2.08. The highest BCUT2D eigenvalue weighted by Crippen LogP contribution is 2.22. The molecule has 7 nitrogen and oxygen atoms in total. The zero-order valence-corrected chi connectivity index (χ0v) is 15.5. The van der Waals surface area contributed by atoms with Gasteiger partial charge in [-0.1, -0.05) is 43.7 Å². The van der Waals surface area contributed by atoms with E-state index in [0.29, 0.717) is 12.5 Å². The van der Waals surface area contributed by atoms with E-state index in [4.69, 9.17) is 4.74 Å². The summed E-state index contributed by atoms with van der Waals surface area (Å²) in [5.41, 5.74) is 1.12. The molecule has 0 aliphatic carbocycles. The maximum Gasteiger partial charge on any atom is 0.337 e. The molecule has 28 heavy (non-hydrogen) atoms. The molecule has 0 saturated carbocycles. The summed E-state index contributed by atoms with van der Waals surface area (Å²) in [4.78, 5) is 24.0. The van der Waals surface area contributed by atoms with Crippen molar-refractivity contribution in [1.82, 2.24) is 9.78 Å². The van der Waals surface area contributed by atoms with E-state index in [2.05, 4.69) is 17.3 Å². The van der Waals surface area contributed by atoms with Crippen LogP contribution in [0.4, 0.5) is 5.69 Å². The molecule has 0 bridgehead atoms. The van der Waals surface area contributed by atoms with Gasteiger partial charge in [-0.2, -0.15) is 5.10 Å². The molecule has 1 heterocycles. The summed E-state index contributed by atoms with van der Waals surface area (Å²) in [5, 5.41) is 16.3. The number of amides is 1. The van der Waals surface area contributed by atoms with E-state index >= 15 is 0 Å². The van der Waals surface area contributed by atoms with Crippen molar-refractivity contribution in [3.05, 3.63) is 71.9 Å². The molecule has 0 unspecified atom stereocenters. The molecule has 2 aromatic carbocycles. The molecule has 0 fully saturated rings. The SMILES string of the molecule is CCCCOc1cc(C(=O)Nc2ccccc2C(=O)O)nn1-c1ccccc1. The van der Waals surface area contributed by atoms with E-state index in [-0.39, 0.29) is 16.9 Å². The molecule has 0 radical (unpaired) electrons. The number of aromatic nitrogens is 2. The predicted molar refractivity (Wildman–Crippen MR) is 105 cm³/mol. The number of ether oxygens (including phenoxy) is 1. The summed E-state index contributed by atoms with van der Waals surface area (Å²) in [7, 11) is 0. The van der Waals surface area contributed by atoms with Crippen molar-refractivity contribution < 1.29 is 19.4 Å². The third-order valence-corrected chi connectivity index (χ3v) is 4.06. The van der Waals surface area contributed by atoms with Crippen LogP contribution in [0.3, 0.4) is 0 Å². The molecule has 0 aliphatic rings. The Morgan fingerprint density at radius 2 is 1.82 bits per heavy atom. The van der Waals surface area contributed by atoms with Crippen LogP contribution >= 0.6 is 0 Å². The lowest BCUT2D eigenvalue weighted by molar-refractivity contribution is 0.0698. The summed E-state index contributed by atoms with van der Waals surface area (Å²) in [6.07, 6.45) is 1.87. The Bertz CT molecular complexity index is 967. The fourth-order valence-corrected chi connectivity index (χ4v) is 2.62. The van der Waals surface area contributed by atoms with Crippen LogP contribution in [0.25, 0.3) is 5.69 Å². The molecule has 3 aromatic rings. The first-order chi connectivity index (χ1) is 13.6. The number of nitrogens with one attached hydrogen (secondary N) is 1. The molecule has 144 valence electrons. The molecule has 2 N–H and O–H groups in total. The van der Waals surface area contributed by atoms with Crippen molar-refractivity contribution >= 4 is 17.6 Å². The smallest absolute Gasteiger partial charge is 0.337 e. The van der Waals surface area contributed by atoms with Crippen molar-refractivity contribution in [3.8, 4) is 11.6 Å². The molecule has 3 rings (SSSR count). The van der Waals surface area contributed by atoms with Gasteiger partial charge < -0.3 is 15.2 Å². The summed E-state index contributed by atoms with van der Waals surface area (Å²) in [6.45, 7) is 2.58. The summed E-state index contributed by atoms with van der Waals surface area (Å²) in [5.74, 6) is -1.17. The first-order valence-corrected chi connectivity index (χ1v) is 9.02. The maximum atomic E-state index is 12.7. The zero-order chi connectivity index (χ0) is 19.9. The normalized spacial score (nSPS) is 10.5. The first-order valence-electron chi connectivity index (χ1n) is 9.02. The molecular weight excluding hydrogens is 358 g/mol. The second-order valence-electron chi connectivity index (χ2n) is 6.12. The van der Waals surface area contributed by atoms with Gasteiger partial charge >= 0.3 is 5.97 Å². The number of unbranched alkanes of at least 4 members (excludes halogenated alkanes) is 1. The van der Waals surface area contributed by atoms with Crippen LogP contribution in [-0.2, 0) is 0 Å². The average molecular weight is 379 g/mol. The van der Waals surface area contributed by atoms with E-state index < -0.39 is 11.9 Å². The van der Waals surface area contributed by atoms with Crippen molar-refractivity contribution in [3.63, 3.8) is 0 Å². The lowest BCUT2D eigenvalue weighted by Crippen LogP contribution is -2.15. The highest BCUT2D eigenvalue weighted by atomic mass is 16.5. The molecule has 0 spiro atoms. The number of carboxylic acids is 1. The largest absolute Gasteiger partial charge is 0.478 e. The third-order valence-electron chi connectivity index (χ3n) is 4.06. The van der Waals surface area contributed by atoms with Crippen LogP contribution in [0.15, 0.2) is 60.7 Å². The standard InChI is InChI=1S/C21H21N3O4/c1-2-3-13-28-19-14-18(23-24(19)15-9-5-4-6-10-15)20(25)22-17-12-8-7-11-16(17)21(26)27/h4-12,14H,2-3,13H2,1H3,(H,22,25)(H,26,27). The van der Waals surface area contributed by atoms with Crippen molar-refractivity contribution in [2.75, 3.05) is 11.9 Å². The molecule has 1 amide bonds. The van der Waals surface area contributed by atoms with Gasteiger partial charge in [0, 0.05) is 6.07 Å². The number of rotatable bonds is 8. The summed E-state index contributed by atoms with van der Waals surface area (Å²) < 4.78 is 7.36. The second-order valence-corrected chi connectivity index (χ2v) is 6.12. The minimum atomic E-state index is -1.12. The molecule has 1 aromatic heterocycles. The van der Waals surface area contributed by atoms with Crippen LogP contribution in [0, 0.1) is 0 Å². The van der Waals surface area contributed by atoms with Crippen LogP contribution in [0.2, 0.25) is 0 Å². The first kappa shape index (κ1) is 19.2. The Hall–Kier alpha value is -3.61. The summed E-state index contributed by atoms with van der Waals surface area (Å²) >= 11 is 0. The molecule has 0 aliphatic heterocycles. The lowest BCUT2D eigenvalue weighted by atomic mass is 10.2. The Balaban J connectivity index is 1.89. The van der Waals surface area contributed by atoms with Gasteiger partial charge in [-0.25, -0.2) is 9.48 Å². The van der Waals surface area contributed by atoms with Gasteiger partial charge in [0.15, 0.2) is 5.69 Å². The van der Waals surface area contributed by atoms with Crippen molar-refractivity contribution in [1.29, 1.82) is 0 Å². The van der Waals surface area contributed by atoms with Gasteiger partial charge in [0.1, 0.15) is 0 Å². The quantitative estimate of drug-likeness (QED) is 0.577. The molecule has 7 heteroatoms. The highest BCUT2D eigenvalue weighted by Gasteiger charge is 2.19. The van der Waals surface area contributed by atoms with E-state index in [1.165, 1.54) is 12.1 Å². The maximum absolute atomic E-state index is 12.7. The monoisotopic (exact) mass is 379 g/mol. The fourth-order valence-electron chi connectivity index (χ4n) is 2.62. The van der Waals surface area contributed by atoms with Crippen LogP contribution < -0.4 is 10.1 Å². The van der Waals surface area contributed by atoms with Crippen LogP contribution in [0.1, 0.15) is 40.6 Å². The number of carboxylic acid groups (broad SMARTS) is 1. The number of anilines is 1. The predicted octanol–water partition coefficient (Wildman–Crippen LogP) is 4.00. The Morgan fingerprint density at radius 3 is 2.54 bits per heavy atom. The Kier molecular flexibility index (Phi) is 6.06. The number of hydrogen-bond acceptors (Lipinski definition) is 4. The minimum Gasteiger partial charge on any atom is -0.478 e. The number of carbonyl (C=O) groups is 2. The fraction of sp³-hybridized carbons (Fsp3) is 0.190. The van der Waals surface area contributed by atoms with Crippen molar-refractivity contribution in [2.45, 2.75) is 19.8 Å². The van der Waals surface area contributed by atoms with Crippen LogP contribution in [-0.4, -0.2) is 33.4 Å². The number of hydrogen-bond donors (Lipinski definition) is 2. The number of benzene rings is 2. The summed E-state index contributed by atoms with van der Waals surface area (Å²) in [6, 6.07) is 17.1. The average Bonchev–Trinajstić information content (AvgIpc) is 3.13. The Labute approximate surface area is 162 Å². The minimum absolute atomic E-state index is 0.0118. The van der Waals surface area contributed by atoms with E-state index in [1.807, 2.05) is 30.3 Å². The zero-order valence-electron chi connectivity index (χ0n) is 15.5. The van der Waals surface area contributed by atoms with Crippen molar-refractivity contribution in [2.24, 2.45) is 0 Å². The third kappa shape index (κ3) is 4.37. The van der Waals surface area contributed by atoms with E-state index in [1.54, 1.807) is 22.9 Å². The topological polar surface area (TPSA) is 93.4 Å². The van der Waals surface area contributed by atoms with E-state index in [0.717, 1.165) is 18.5 Å². The highest BCUT2D eigenvalue weighted by molar-refractivity contribution is 6.06. The second kappa shape index (κ2) is 8.85. The number of para-hydroxylation sites is 2. The number of nitrogens with zero attached hydrogens (tertiary/aromatic N) is 2.